The molecule has 0 bridgehead atoms. The molecule has 0 atom stereocenters. The first kappa shape index (κ1) is 11.8. The average Bonchev–Trinajstić information content (AvgIpc) is 2.40. The normalized spacial score (nSPS) is 11.5. The maximum Gasteiger partial charge on any atom is 0.0886 e. The van der Waals surface area contributed by atoms with Crippen molar-refractivity contribution in [1.29, 1.82) is 0 Å². The van der Waals surface area contributed by atoms with E-state index in [1.54, 1.807) is 6.20 Å². The smallest absolute Gasteiger partial charge is 0.0886 e. The molecule has 0 unspecified atom stereocenters. The van der Waals surface area contributed by atoms with E-state index in [1.807, 2.05) is 24.4 Å². The first-order valence-electron chi connectivity index (χ1n) is 6.01. The molecule has 0 spiro atoms. The van der Waals surface area contributed by atoms with E-state index in [1.165, 1.54) is 5.56 Å². The summed E-state index contributed by atoms with van der Waals surface area (Å²) in [6.07, 6.45) is 4.87. The minimum Gasteiger partial charge on any atom is -0.255 e. The van der Waals surface area contributed by atoms with Crippen molar-refractivity contribution in [2.45, 2.75) is 32.6 Å². The van der Waals surface area contributed by atoms with Crippen LogP contribution >= 0.6 is 0 Å². The van der Waals surface area contributed by atoms with Crippen LogP contribution in [0.25, 0.3) is 11.4 Å². The van der Waals surface area contributed by atoms with Gasteiger partial charge in [-0.3, -0.25) is 9.97 Å². The Kier molecular flexibility index (Phi) is 3.23. The van der Waals surface area contributed by atoms with Gasteiger partial charge in [-0.2, -0.15) is 0 Å². The fourth-order valence-corrected chi connectivity index (χ4v) is 1.66. The topological polar surface area (TPSA) is 25.8 Å². The highest BCUT2D eigenvalue weighted by atomic mass is 14.8. The van der Waals surface area contributed by atoms with Crippen molar-refractivity contribution >= 4 is 0 Å². The van der Waals surface area contributed by atoms with Crippen LogP contribution in [-0.4, -0.2) is 9.97 Å². The Morgan fingerprint density at radius 1 is 1.00 bits per heavy atom. The van der Waals surface area contributed by atoms with Crippen LogP contribution in [0.15, 0.2) is 42.7 Å². The summed E-state index contributed by atoms with van der Waals surface area (Å²) in [5.41, 5.74) is 3.32. The van der Waals surface area contributed by atoms with Crippen molar-refractivity contribution in [2.24, 2.45) is 0 Å². The van der Waals surface area contributed by atoms with Crippen molar-refractivity contribution < 1.29 is 0 Å². The zero-order valence-corrected chi connectivity index (χ0v) is 10.6. The lowest BCUT2D eigenvalue weighted by molar-refractivity contribution is 0.504. The Bertz CT molecular complexity index is 472. The molecule has 0 saturated carbocycles. The third-order valence-electron chi connectivity index (χ3n) is 3.36. The van der Waals surface area contributed by atoms with Gasteiger partial charge < -0.3 is 0 Å². The number of hydrogen-bond donors (Lipinski definition) is 0. The fourth-order valence-electron chi connectivity index (χ4n) is 1.66. The van der Waals surface area contributed by atoms with E-state index >= 15 is 0 Å². The van der Waals surface area contributed by atoms with Gasteiger partial charge in [-0.05, 0) is 35.6 Å². The maximum atomic E-state index is 4.50. The third-order valence-corrected chi connectivity index (χ3v) is 3.36. The molecular weight excluding hydrogens is 208 g/mol. The average molecular weight is 226 g/mol. The quantitative estimate of drug-likeness (QED) is 0.794. The highest BCUT2D eigenvalue weighted by molar-refractivity contribution is 5.53. The van der Waals surface area contributed by atoms with Gasteiger partial charge in [0.2, 0.25) is 0 Å². The lowest BCUT2D eigenvalue weighted by Crippen LogP contribution is -2.15. The summed E-state index contributed by atoms with van der Waals surface area (Å²) in [5, 5.41) is 0. The fraction of sp³-hybridized carbons (Fsp3) is 0.333. The molecule has 0 amide bonds. The summed E-state index contributed by atoms with van der Waals surface area (Å²) in [6, 6.07) is 10.1. The van der Waals surface area contributed by atoms with Crippen LogP contribution in [0.4, 0.5) is 0 Å². The van der Waals surface area contributed by atoms with Crippen LogP contribution in [0.5, 0.6) is 0 Å². The summed E-state index contributed by atoms with van der Waals surface area (Å²) in [7, 11) is 0. The highest BCUT2D eigenvalue weighted by Crippen LogP contribution is 2.27. The van der Waals surface area contributed by atoms with Gasteiger partial charge in [0.15, 0.2) is 0 Å². The van der Waals surface area contributed by atoms with Crippen molar-refractivity contribution in [3.63, 3.8) is 0 Å². The molecule has 2 heteroatoms. The second kappa shape index (κ2) is 4.66. The highest BCUT2D eigenvalue weighted by Gasteiger charge is 2.18. The minimum atomic E-state index is 0.190. The summed E-state index contributed by atoms with van der Waals surface area (Å²) >= 11 is 0. The van der Waals surface area contributed by atoms with Gasteiger partial charge in [0.1, 0.15) is 0 Å². The van der Waals surface area contributed by atoms with Crippen molar-refractivity contribution in [3.05, 3.63) is 48.3 Å². The first-order chi connectivity index (χ1) is 8.13. The Morgan fingerprint density at radius 2 is 1.76 bits per heavy atom. The molecule has 2 aromatic rings. The van der Waals surface area contributed by atoms with Crippen LogP contribution in [0.1, 0.15) is 32.8 Å². The maximum absolute atomic E-state index is 4.50. The summed E-state index contributed by atoms with van der Waals surface area (Å²) in [4.78, 5) is 8.80. The molecular formula is C15H18N2. The molecule has 2 nitrogen and oxygen atoms in total. The minimum absolute atomic E-state index is 0.190. The summed E-state index contributed by atoms with van der Waals surface area (Å²) < 4.78 is 0. The molecule has 88 valence electrons. The molecule has 2 rings (SSSR count). The molecule has 0 aromatic carbocycles. The van der Waals surface area contributed by atoms with Crippen molar-refractivity contribution in [3.8, 4) is 11.4 Å². The van der Waals surface area contributed by atoms with Crippen LogP contribution in [-0.2, 0) is 5.41 Å². The predicted octanol–water partition coefficient (Wildman–Crippen LogP) is 3.83. The molecule has 0 saturated heterocycles. The number of rotatable bonds is 3. The van der Waals surface area contributed by atoms with Gasteiger partial charge in [-0.1, -0.05) is 32.9 Å². The second-order valence-electron chi connectivity index (χ2n) is 4.88. The molecule has 0 aliphatic heterocycles. The zero-order valence-electron chi connectivity index (χ0n) is 10.6. The number of nitrogens with zero attached hydrogens (tertiary/aromatic N) is 2. The van der Waals surface area contributed by atoms with E-state index in [4.69, 9.17) is 0 Å². The van der Waals surface area contributed by atoms with E-state index < -0.39 is 0 Å². The van der Waals surface area contributed by atoms with Crippen LogP contribution in [0, 0.1) is 0 Å². The van der Waals surface area contributed by atoms with E-state index in [-0.39, 0.29) is 5.41 Å². The Morgan fingerprint density at radius 3 is 2.29 bits per heavy atom. The molecule has 17 heavy (non-hydrogen) atoms. The lowest BCUT2D eigenvalue weighted by atomic mass is 9.83. The van der Waals surface area contributed by atoms with Crippen molar-refractivity contribution in [1.82, 2.24) is 9.97 Å². The monoisotopic (exact) mass is 226 g/mol. The molecule has 0 radical (unpaired) electrons. The number of hydrogen-bond acceptors (Lipinski definition) is 2. The SMILES string of the molecule is CCC(C)(C)c1ccc(-c2ccccn2)nc1. The summed E-state index contributed by atoms with van der Waals surface area (Å²) in [5.74, 6) is 0. The Hall–Kier alpha value is -1.70. The number of pyridine rings is 2. The van der Waals surface area contributed by atoms with E-state index in [9.17, 15) is 0 Å². The van der Waals surface area contributed by atoms with Gasteiger partial charge in [0, 0.05) is 12.4 Å². The summed E-state index contributed by atoms with van der Waals surface area (Å²) in [6.45, 7) is 6.68. The van der Waals surface area contributed by atoms with Crippen LogP contribution in [0.3, 0.4) is 0 Å². The molecule has 0 aliphatic rings. The van der Waals surface area contributed by atoms with E-state index in [0.29, 0.717) is 0 Å². The second-order valence-corrected chi connectivity index (χ2v) is 4.88. The molecule has 2 heterocycles. The first-order valence-corrected chi connectivity index (χ1v) is 6.01. The third kappa shape index (κ3) is 2.52. The predicted molar refractivity (Wildman–Crippen MR) is 70.8 cm³/mol. The van der Waals surface area contributed by atoms with Crippen LogP contribution < -0.4 is 0 Å². The van der Waals surface area contributed by atoms with Gasteiger partial charge in [-0.25, -0.2) is 0 Å². The molecule has 0 aliphatic carbocycles. The van der Waals surface area contributed by atoms with E-state index in [2.05, 4.69) is 42.9 Å². The standard InChI is InChI=1S/C15H18N2/c1-4-15(2,3)12-8-9-14(17-11-12)13-7-5-6-10-16-13/h5-11H,4H2,1-3H3. The van der Waals surface area contributed by atoms with Gasteiger partial charge in [0.05, 0.1) is 11.4 Å². The van der Waals surface area contributed by atoms with Crippen LogP contribution in [0.2, 0.25) is 0 Å². The molecule has 0 fully saturated rings. The van der Waals surface area contributed by atoms with Gasteiger partial charge >= 0.3 is 0 Å². The van der Waals surface area contributed by atoms with Gasteiger partial charge in [-0.15, -0.1) is 0 Å². The Labute approximate surface area is 103 Å². The van der Waals surface area contributed by atoms with E-state index in [0.717, 1.165) is 17.8 Å². The van der Waals surface area contributed by atoms with Crippen molar-refractivity contribution in [2.75, 3.05) is 0 Å². The largest absolute Gasteiger partial charge is 0.255 e. The lowest BCUT2D eigenvalue weighted by Gasteiger charge is -2.22. The number of aromatic nitrogens is 2. The zero-order chi connectivity index (χ0) is 12.3. The van der Waals surface area contributed by atoms with Gasteiger partial charge in [0.25, 0.3) is 0 Å². The molecule has 0 N–H and O–H groups in total. The Balaban J connectivity index is 2.31. The molecule has 2 aromatic heterocycles.